The molecule has 2 aromatic heterocycles. The van der Waals surface area contributed by atoms with Crippen molar-refractivity contribution in [1.82, 2.24) is 9.55 Å². The minimum Gasteiger partial charge on any atom is -0.383 e. The first kappa shape index (κ1) is 25.7. The average Bonchev–Trinajstić information content (AvgIpc) is 3.60. The highest BCUT2D eigenvalue weighted by Crippen LogP contribution is 2.43. The maximum Gasteiger partial charge on any atom is 0.135 e. The maximum atomic E-state index is 6.94. The standard InChI is InChI=1S/C39H29N5/c40-39-38(33-19-10-11-20-35(33)44(39)31-17-8-3-9-18-31)42-37-26-34-36(21-12-22-41-34)43(37)32-24-29(27-13-4-1-5-14-27)23-30(25-32)28-15-6-2-7-16-28/h1-25H,26,40H2. The summed E-state index contributed by atoms with van der Waals surface area (Å²) in [5.41, 5.74) is 17.4. The largest absolute Gasteiger partial charge is 0.383 e. The predicted octanol–water partition coefficient (Wildman–Crippen LogP) is 9.37. The van der Waals surface area contributed by atoms with Crippen LogP contribution < -0.4 is 10.6 Å². The molecule has 0 radical (unpaired) electrons. The molecule has 5 aromatic carbocycles. The van der Waals surface area contributed by atoms with Gasteiger partial charge >= 0.3 is 0 Å². The predicted molar refractivity (Wildman–Crippen MR) is 182 cm³/mol. The van der Waals surface area contributed by atoms with Gasteiger partial charge in [0.15, 0.2) is 0 Å². The summed E-state index contributed by atoms with van der Waals surface area (Å²) in [7, 11) is 0. The lowest BCUT2D eigenvalue weighted by Gasteiger charge is -2.23. The third kappa shape index (κ3) is 4.43. The van der Waals surface area contributed by atoms with Crippen LogP contribution in [0.3, 0.4) is 0 Å². The third-order valence-electron chi connectivity index (χ3n) is 8.22. The maximum absolute atomic E-state index is 6.94. The molecule has 0 amide bonds. The SMILES string of the molecule is Nc1c(N=C2Cc3ncccc3N2c2cc(-c3ccccc3)cc(-c3ccccc3)c2)c2ccccc2n1-c1ccccc1. The fraction of sp³-hybridized carbons (Fsp3) is 0.0256. The molecule has 8 rings (SSSR count). The van der Waals surface area contributed by atoms with E-state index in [9.17, 15) is 0 Å². The molecule has 210 valence electrons. The highest BCUT2D eigenvalue weighted by Gasteiger charge is 2.30. The Morgan fingerprint density at radius 1 is 0.591 bits per heavy atom. The number of nitrogens with two attached hydrogens (primary N) is 1. The zero-order valence-electron chi connectivity index (χ0n) is 24.0. The van der Waals surface area contributed by atoms with Gasteiger partial charge in [-0.3, -0.25) is 14.5 Å². The van der Waals surface area contributed by atoms with Gasteiger partial charge in [0.2, 0.25) is 0 Å². The Hall–Kier alpha value is -5.94. The van der Waals surface area contributed by atoms with E-state index >= 15 is 0 Å². The summed E-state index contributed by atoms with van der Waals surface area (Å²) in [5, 5.41) is 1.01. The van der Waals surface area contributed by atoms with Crippen molar-refractivity contribution >= 4 is 39.6 Å². The van der Waals surface area contributed by atoms with E-state index in [2.05, 4.69) is 119 Å². The number of para-hydroxylation sites is 2. The molecule has 5 nitrogen and oxygen atoms in total. The first-order valence-electron chi connectivity index (χ1n) is 14.8. The quantitative estimate of drug-likeness (QED) is 0.225. The zero-order chi connectivity index (χ0) is 29.5. The molecule has 0 aliphatic carbocycles. The summed E-state index contributed by atoms with van der Waals surface area (Å²) in [6.45, 7) is 0. The Balaban J connectivity index is 1.35. The molecule has 5 heteroatoms. The van der Waals surface area contributed by atoms with E-state index in [0.29, 0.717) is 12.2 Å². The van der Waals surface area contributed by atoms with Gasteiger partial charge in [0.05, 0.1) is 23.3 Å². The van der Waals surface area contributed by atoms with Crippen molar-refractivity contribution < 1.29 is 0 Å². The zero-order valence-corrected chi connectivity index (χ0v) is 24.0. The molecule has 0 bridgehead atoms. The molecule has 3 heterocycles. The monoisotopic (exact) mass is 567 g/mol. The van der Waals surface area contributed by atoms with E-state index in [-0.39, 0.29) is 0 Å². The molecule has 0 spiro atoms. The first-order valence-corrected chi connectivity index (χ1v) is 14.8. The van der Waals surface area contributed by atoms with Crippen LogP contribution in [0.4, 0.5) is 22.9 Å². The lowest BCUT2D eigenvalue weighted by molar-refractivity contribution is 1.14. The summed E-state index contributed by atoms with van der Waals surface area (Å²) in [4.78, 5) is 12.4. The fourth-order valence-corrected chi connectivity index (χ4v) is 6.19. The summed E-state index contributed by atoms with van der Waals surface area (Å²) in [6, 6.07) is 50.4. The number of nitrogens with zero attached hydrogens (tertiary/aromatic N) is 4. The van der Waals surface area contributed by atoms with Crippen LogP contribution in [0.15, 0.2) is 157 Å². The topological polar surface area (TPSA) is 59.4 Å². The van der Waals surface area contributed by atoms with E-state index in [0.717, 1.165) is 67.4 Å². The molecule has 2 N–H and O–H groups in total. The van der Waals surface area contributed by atoms with E-state index in [1.807, 2.05) is 42.6 Å². The van der Waals surface area contributed by atoms with Crippen LogP contribution in [0.5, 0.6) is 0 Å². The lowest BCUT2D eigenvalue weighted by atomic mass is 9.97. The molecule has 0 fully saturated rings. The van der Waals surface area contributed by atoms with Gasteiger partial charge in [-0.15, -0.1) is 0 Å². The second kappa shape index (κ2) is 10.7. The van der Waals surface area contributed by atoms with E-state index < -0.39 is 0 Å². The van der Waals surface area contributed by atoms with Gasteiger partial charge in [0.25, 0.3) is 0 Å². The Kier molecular flexibility index (Phi) is 6.27. The summed E-state index contributed by atoms with van der Waals surface area (Å²) >= 11 is 0. The molecule has 0 atom stereocenters. The molecule has 1 aliphatic heterocycles. The molecular formula is C39H29N5. The van der Waals surface area contributed by atoms with Crippen molar-refractivity contribution in [1.29, 1.82) is 0 Å². The normalized spacial score (nSPS) is 13.5. The molecule has 7 aromatic rings. The van der Waals surface area contributed by atoms with Gasteiger partial charge in [-0.2, -0.15) is 0 Å². The Labute approximate surface area is 256 Å². The lowest BCUT2D eigenvalue weighted by Crippen LogP contribution is -2.21. The fourth-order valence-electron chi connectivity index (χ4n) is 6.19. The Morgan fingerprint density at radius 2 is 1.20 bits per heavy atom. The summed E-state index contributed by atoms with van der Waals surface area (Å²) in [5.74, 6) is 1.49. The number of hydrogen-bond acceptors (Lipinski definition) is 3. The van der Waals surface area contributed by atoms with Crippen LogP contribution in [-0.4, -0.2) is 15.4 Å². The van der Waals surface area contributed by atoms with Gasteiger partial charge in [-0.05, 0) is 70.8 Å². The molecule has 0 unspecified atom stereocenters. The molecule has 0 saturated carbocycles. The molecule has 0 saturated heterocycles. The number of rotatable bonds is 5. The number of nitrogen functional groups attached to an aromatic ring is 1. The Morgan fingerprint density at radius 3 is 1.89 bits per heavy atom. The van der Waals surface area contributed by atoms with Crippen LogP contribution in [0.2, 0.25) is 0 Å². The number of amidine groups is 1. The van der Waals surface area contributed by atoms with Crippen LogP contribution in [0.1, 0.15) is 5.69 Å². The van der Waals surface area contributed by atoms with Gasteiger partial charge in [-0.1, -0.05) is 97.1 Å². The summed E-state index contributed by atoms with van der Waals surface area (Å²) < 4.78 is 2.09. The average molecular weight is 568 g/mol. The second-order valence-electron chi connectivity index (χ2n) is 10.9. The van der Waals surface area contributed by atoms with E-state index in [1.165, 1.54) is 0 Å². The number of anilines is 3. The van der Waals surface area contributed by atoms with Gasteiger partial charge in [0, 0.05) is 23.0 Å². The minimum absolute atomic E-state index is 0.594. The van der Waals surface area contributed by atoms with Gasteiger partial charge in [-0.25, -0.2) is 4.99 Å². The molecule has 44 heavy (non-hydrogen) atoms. The number of hydrogen-bond donors (Lipinski definition) is 1. The van der Waals surface area contributed by atoms with Crippen LogP contribution in [0, 0.1) is 0 Å². The number of fused-ring (bicyclic) bond motifs is 2. The number of benzene rings is 5. The number of aromatic nitrogens is 2. The third-order valence-corrected chi connectivity index (χ3v) is 8.22. The van der Waals surface area contributed by atoms with Crippen molar-refractivity contribution in [2.45, 2.75) is 6.42 Å². The van der Waals surface area contributed by atoms with Gasteiger partial charge in [0.1, 0.15) is 17.3 Å². The summed E-state index contributed by atoms with van der Waals surface area (Å²) in [6.07, 6.45) is 2.45. The van der Waals surface area contributed by atoms with Crippen LogP contribution in [-0.2, 0) is 6.42 Å². The van der Waals surface area contributed by atoms with Crippen molar-refractivity contribution in [2.75, 3.05) is 10.6 Å². The Bertz CT molecular complexity index is 2090. The van der Waals surface area contributed by atoms with Crippen molar-refractivity contribution in [3.63, 3.8) is 0 Å². The van der Waals surface area contributed by atoms with E-state index in [1.54, 1.807) is 0 Å². The minimum atomic E-state index is 0.594. The highest BCUT2D eigenvalue weighted by molar-refractivity contribution is 6.13. The second-order valence-corrected chi connectivity index (χ2v) is 10.9. The highest BCUT2D eigenvalue weighted by atomic mass is 15.2. The van der Waals surface area contributed by atoms with Crippen LogP contribution in [0.25, 0.3) is 38.8 Å². The first-order chi connectivity index (χ1) is 21.7. The van der Waals surface area contributed by atoms with Crippen molar-refractivity contribution in [3.8, 4) is 27.9 Å². The number of pyridine rings is 1. The van der Waals surface area contributed by atoms with Crippen molar-refractivity contribution in [2.24, 2.45) is 4.99 Å². The molecular weight excluding hydrogens is 538 g/mol. The van der Waals surface area contributed by atoms with Crippen molar-refractivity contribution in [3.05, 3.63) is 157 Å². The van der Waals surface area contributed by atoms with E-state index in [4.69, 9.17) is 15.7 Å². The smallest absolute Gasteiger partial charge is 0.135 e. The van der Waals surface area contributed by atoms with Crippen LogP contribution >= 0.6 is 0 Å². The van der Waals surface area contributed by atoms with Gasteiger partial charge < -0.3 is 5.73 Å². The number of aliphatic imine (C=N–C) groups is 1. The molecule has 1 aliphatic rings.